The Morgan fingerprint density at radius 3 is 2.41 bits per heavy atom. The predicted octanol–water partition coefficient (Wildman–Crippen LogP) is 2.55. The molecular weight excluding hydrogens is 284 g/mol. The van der Waals surface area contributed by atoms with E-state index in [1.54, 1.807) is 6.92 Å². The van der Waals surface area contributed by atoms with Gasteiger partial charge < -0.3 is 14.2 Å². The average molecular weight is 308 g/mol. The van der Waals surface area contributed by atoms with Crippen LogP contribution in [0.4, 0.5) is 0 Å². The Hall–Kier alpha value is -1.46. The van der Waals surface area contributed by atoms with Gasteiger partial charge in [-0.3, -0.25) is 9.59 Å². The summed E-state index contributed by atoms with van der Waals surface area (Å²) in [6.07, 6.45) is 3.53. The monoisotopic (exact) mass is 308 g/mol. The minimum atomic E-state index is -0.737. The van der Waals surface area contributed by atoms with E-state index in [0.717, 1.165) is 5.57 Å². The first-order chi connectivity index (χ1) is 10.1. The standard InChI is InChI=1S/C17H24O5/c1-11-13(6-7-17(5)20-8-9-21-17)16(3,4)10-14(15(11)19)22-12(2)18/h6-7,14H,8-10H2,1-5H3/b7-6+. The van der Waals surface area contributed by atoms with Crippen LogP contribution in [-0.2, 0) is 23.8 Å². The quantitative estimate of drug-likeness (QED) is 0.750. The van der Waals surface area contributed by atoms with Crippen LogP contribution in [0, 0.1) is 5.41 Å². The Kier molecular flexibility index (Phi) is 4.59. The molecule has 0 saturated carbocycles. The molecule has 1 fully saturated rings. The highest BCUT2D eigenvalue weighted by atomic mass is 16.7. The van der Waals surface area contributed by atoms with Gasteiger partial charge in [0.25, 0.3) is 0 Å². The Bertz CT molecular complexity index is 535. The van der Waals surface area contributed by atoms with E-state index in [4.69, 9.17) is 14.2 Å². The summed E-state index contributed by atoms with van der Waals surface area (Å²) in [4.78, 5) is 23.6. The second-order valence-electron chi connectivity index (χ2n) is 6.64. The molecule has 1 aliphatic carbocycles. The summed E-state index contributed by atoms with van der Waals surface area (Å²) in [6, 6.07) is 0. The summed E-state index contributed by atoms with van der Waals surface area (Å²) in [5.41, 5.74) is 1.28. The number of carbonyl (C=O) groups excluding carboxylic acids is 2. The zero-order chi connectivity index (χ0) is 16.5. The van der Waals surface area contributed by atoms with Crippen LogP contribution in [0.5, 0.6) is 0 Å². The lowest BCUT2D eigenvalue weighted by molar-refractivity contribution is -0.153. The fourth-order valence-corrected chi connectivity index (χ4v) is 3.06. The first-order valence-electron chi connectivity index (χ1n) is 7.54. The van der Waals surface area contributed by atoms with E-state index in [-0.39, 0.29) is 11.2 Å². The fraction of sp³-hybridized carbons (Fsp3) is 0.647. The molecule has 122 valence electrons. The Morgan fingerprint density at radius 2 is 1.86 bits per heavy atom. The molecule has 1 saturated heterocycles. The lowest BCUT2D eigenvalue weighted by atomic mass is 9.71. The van der Waals surface area contributed by atoms with Crippen molar-refractivity contribution in [3.8, 4) is 0 Å². The third-order valence-electron chi connectivity index (χ3n) is 4.21. The summed E-state index contributed by atoms with van der Waals surface area (Å²) < 4.78 is 16.3. The van der Waals surface area contributed by atoms with Crippen LogP contribution in [0.2, 0.25) is 0 Å². The number of rotatable bonds is 3. The second-order valence-corrected chi connectivity index (χ2v) is 6.64. The van der Waals surface area contributed by atoms with Gasteiger partial charge in [-0.2, -0.15) is 0 Å². The van der Waals surface area contributed by atoms with E-state index >= 15 is 0 Å². The molecule has 0 radical (unpaired) electrons. The molecule has 0 N–H and O–H groups in total. The Morgan fingerprint density at radius 1 is 1.27 bits per heavy atom. The van der Waals surface area contributed by atoms with E-state index in [2.05, 4.69) is 0 Å². The molecule has 0 aromatic rings. The van der Waals surface area contributed by atoms with Crippen LogP contribution in [0.3, 0.4) is 0 Å². The van der Waals surface area contributed by atoms with Crippen molar-refractivity contribution < 1.29 is 23.8 Å². The highest BCUT2D eigenvalue weighted by Crippen LogP contribution is 2.41. The van der Waals surface area contributed by atoms with E-state index in [1.165, 1.54) is 6.92 Å². The molecule has 1 heterocycles. The second kappa shape index (κ2) is 5.97. The first kappa shape index (κ1) is 16.9. The highest BCUT2D eigenvalue weighted by molar-refractivity contribution is 6.01. The van der Waals surface area contributed by atoms with Gasteiger partial charge >= 0.3 is 5.97 Å². The van der Waals surface area contributed by atoms with Gasteiger partial charge in [0.1, 0.15) is 0 Å². The van der Waals surface area contributed by atoms with Crippen molar-refractivity contribution in [3.63, 3.8) is 0 Å². The molecule has 1 atom stereocenters. The molecule has 2 aliphatic rings. The zero-order valence-corrected chi connectivity index (χ0v) is 13.9. The van der Waals surface area contributed by atoms with Gasteiger partial charge in [-0.25, -0.2) is 0 Å². The van der Waals surface area contributed by atoms with Crippen LogP contribution >= 0.6 is 0 Å². The van der Waals surface area contributed by atoms with E-state index in [1.807, 2.05) is 32.9 Å². The van der Waals surface area contributed by atoms with Crippen molar-refractivity contribution >= 4 is 11.8 Å². The number of ether oxygens (including phenoxy) is 3. The van der Waals surface area contributed by atoms with Gasteiger partial charge in [-0.05, 0) is 36.5 Å². The smallest absolute Gasteiger partial charge is 0.303 e. The molecule has 0 bridgehead atoms. The average Bonchev–Trinajstić information content (AvgIpc) is 2.81. The molecule has 0 spiro atoms. The molecule has 1 unspecified atom stereocenters. The summed E-state index contributed by atoms with van der Waals surface area (Å²) in [5.74, 6) is -1.30. The molecule has 0 amide bonds. The summed E-state index contributed by atoms with van der Waals surface area (Å²) >= 11 is 0. The maximum atomic E-state index is 12.4. The maximum absolute atomic E-state index is 12.4. The van der Waals surface area contributed by atoms with Crippen LogP contribution < -0.4 is 0 Å². The normalized spacial score (nSPS) is 27.5. The maximum Gasteiger partial charge on any atom is 0.303 e. The molecule has 5 heteroatoms. The fourth-order valence-electron chi connectivity index (χ4n) is 3.06. The Balaban J connectivity index is 2.28. The summed E-state index contributed by atoms with van der Waals surface area (Å²) in [7, 11) is 0. The first-order valence-corrected chi connectivity index (χ1v) is 7.54. The van der Waals surface area contributed by atoms with Gasteiger partial charge in [0.15, 0.2) is 17.7 Å². The molecule has 0 aromatic carbocycles. The number of carbonyl (C=O) groups is 2. The van der Waals surface area contributed by atoms with Crippen molar-refractivity contribution in [2.45, 2.75) is 52.9 Å². The summed E-state index contributed by atoms with van der Waals surface area (Å²) in [5, 5.41) is 0. The lowest BCUT2D eigenvalue weighted by Gasteiger charge is -2.36. The molecule has 5 nitrogen and oxygen atoms in total. The number of Topliss-reactive ketones (excluding diaryl/α,β-unsaturated/α-hetero) is 1. The Labute approximate surface area is 131 Å². The number of hydrogen-bond donors (Lipinski definition) is 0. The van der Waals surface area contributed by atoms with Gasteiger partial charge in [-0.1, -0.05) is 19.9 Å². The molecule has 22 heavy (non-hydrogen) atoms. The molecule has 2 rings (SSSR count). The van der Waals surface area contributed by atoms with Crippen molar-refractivity contribution in [2.75, 3.05) is 13.2 Å². The van der Waals surface area contributed by atoms with Crippen molar-refractivity contribution in [3.05, 3.63) is 23.3 Å². The van der Waals surface area contributed by atoms with Crippen LogP contribution in [0.15, 0.2) is 23.3 Å². The predicted molar refractivity (Wildman–Crippen MR) is 81.1 cm³/mol. The van der Waals surface area contributed by atoms with Crippen LogP contribution in [0.1, 0.15) is 41.0 Å². The van der Waals surface area contributed by atoms with E-state index in [9.17, 15) is 9.59 Å². The zero-order valence-electron chi connectivity index (χ0n) is 13.9. The highest BCUT2D eigenvalue weighted by Gasteiger charge is 2.40. The van der Waals surface area contributed by atoms with Crippen molar-refractivity contribution in [1.82, 2.24) is 0 Å². The van der Waals surface area contributed by atoms with Crippen LogP contribution in [-0.4, -0.2) is 36.9 Å². The molecule has 0 aromatic heterocycles. The SMILES string of the molecule is CC(=O)OC1CC(C)(C)C(/C=C/C2(C)OCCO2)=C(C)C1=O. The lowest BCUT2D eigenvalue weighted by Crippen LogP contribution is -2.38. The third-order valence-corrected chi connectivity index (χ3v) is 4.21. The van der Waals surface area contributed by atoms with E-state index in [0.29, 0.717) is 25.2 Å². The number of allylic oxidation sites excluding steroid dienone is 2. The minimum Gasteiger partial charge on any atom is -0.454 e. The van der Waals surface area contributed by atoms with Gasteiger partial charge in [0.2, 0.25) is 0 Å². The minimum absolute atomic E-state index is 0.132. The van der Waals surface area contributed by atoms with Gasteiger partial charge in [-0.15, -0.1) is 0 Å². The molecular formula is C17H24O5. The van der Waals surface area contributed by atoms with Crippen molar-refractivity contribution in [1.29, 1.82) is 0 Å². The van der Waals surface area contributed by atoms with Gasteiger partial charge in [0, 0.05) is 13.3 Å². The molecule has 1 aliphatic heterocycles. The topological polar surface area (TPSA) is 61.8 Å². The third kappa shape index (κ3) is 3.47. The largest absolute Gasteiger partial charge is 0.454 e. The van der Waals surface area contributed by atoms with Crippen LogP contribution in [0.25, 0.3) is 0 Å². The number of ketones is 1. The van der Waals surface area contributed by atoms with E-state index < -0.39 is 17.9 Å². The number of esters is 1. The summed E-state index contributed by atoms with van der Waals surface area (Å²) in [6.45, 7) is 10.2. The number of hydrogen-bond acceptors (Lipinski definition) is 5. The van der Waals surface area contributed by atoms with Gasteiger partial charge in [0.05, 0.1) is 13.2 Å². The van der Waals surface area contributed by atoms with Crippen molar-refractivity contribution in [2.24, 2.45) is 5.41 Å².